The molecule has 0 spiro atoms. The lowest BCUT2D eigenvalue weighted by atomic mass is 9.89. The summed E-state index contributed by atoms with van der Waals surface area (Å²) in [5.74, 6) is 0.612. The quantitative estimate of drug-likeness (QED) is 0.686. The smallest absolute Gasteiger partial charge is 0.287 e. The summed E-state index contributed by atoms with van der Waals surface area (Å²) in [4.78, 5) is 23.6. The molecular formula is C16H23N3O3. The zero-order chi connectivity index (χ0) is 15.4. The monoisotopic (exact) mass is 305 g/mol. The second-order valence-electron chi connectivity index (χ2n) is 6.26. The topological polar surface area (TPSA) is 83.4 Å². The van der Waals surface area contributed by atoms with E-state index in [9.17, 15) is 9.59 Å². The number of fused-ring (bicyclic) bond motifs is 2. The normalized spacial score (nSPS) is 26.6. The first-order chi connectivity index (χ1) is 10.7. The molecule has 3 heterocycles. The first kappa shape index (κ1) is 15.1. The molecule has 2 atom stereocenters. The summed E-state index contributed by atoms with van der Waals surface area (Å²) in [6.07, 6.45) is 6.78. The van der Waals surface area contributed by atoms with Gasteiger partial charge in [-0.3, -0.25) is 9.59 Å². The van der Waals surface area contributed by atoms with Crippen molar-refractivity contribution in [2.45, 2.75) is 44.2 Å². The molecule has 120 valence electrons. The van der Waals surface area contributed by atoms with Gasteiger partial charge in [-0.1, -0.05) is 0 Å². The van der Waals surface area contributed by atoms with E-state index in [1.807, 2.05) is 0 Å². The van der Waals surface area contributed by atoms with Crippen LogP contribution in [0.1, 0.15) is 42.7 Å². The van der Waals surface area contributed by atoms with Crippen molar-refractivity contribution in [3.8, 4) is 0 Å². The van der Waals surface area contributed by atoms with Gasteiger partial charge in [0.2, 0.25) is 5.91 Å². The van der Waals surface area contributed by atoms with Gasteiger partial charge in [0.1, 0.15) is 0 Å². The number of furan rings is 1. The van der Waals surface area contributed by atoms with Gasteiger partial charge in [-0.25, -0.2) is 0 Å². The van der Waals surface area contributed by atoms with Crippen LogP contribution in [0.4, 0.5) is 0 Å². The molecule has 0 aliphatic carbocycles. The van der Waals surface area contributed by atoms with Crippen molar-refractivity contribution in [2.24, 2.45) is 5.92 Å². The van der Waals surface area contributed by atoms with Crippen LogP contribution < -0.4 is 16.0 Å². The Hall–Kier alpha value is -1.82. The van der Waals surface area contributed by atoms with Crippen molar-refractivity contribution < 1.29 is 14.0 Å². The van der Waals surface area contributed by atoms with Crippen molar-refractivity contribution in [2.75, 3.05) is 13.1 Å². The molecule has 3 N–H and O–H groups in total. The summed E-state index contributed by atoms with van der Waals surface area (Å²) in [5, 5.41) is 9.17. The Balaban J connectivity index is 1.30. The number of carbonyl (C=O) groups excluding carboxylic acids is 2. The van der Waals surface area contributed by atoms with Crippen molar-refractivity contribution in [1.29, 1.82) is 0 Å². The summed E-state index contributed by atoms with van der Waals surface area (Å²) >= 11 is 0. The minimum Gasteiger partial charge on any atom is -0.459 e. The molecule has 2 fully saturated rings. The fraction of sp³-hybridized carbons (Fsp3) is 0.625. The summed E-state index contributed by atoms with van der Waals surface area (Å²) < 4.78 is 4.99. The molecule has 2 unspecified atom stereocenters. The molecule has 1 aromatic heterocycles. The van der Waals surface area contributed by atoms with E-state index in [1.165, 1.54) is 19.1 Å². The molecule has 3 rings (SSSR count). The molecule has 0 aromatic carbocycles. The largest absolute Gasteiger partial charge is 0.459 e. The van der Waals surface area contributed by atoms with Crippen LogP contribution in [-0.2, 0) is 4.79 Å². The van der Waals surface area contributed by atoms with E-state index in [1.54, 1.807) is 12.1 Å². The highest BCUT2D eigenvalue weighted by atomic mass is 16.3. The predicted octanol–water partition coefficient (Wildman–Crippen LogP) is 1.05. The zero-order valence-electron chi connectivity index (χ0n) is 12.6. The van der Waals surface area contributed by atoms with E-state index < -0.39 is 0 Å². The number of amides is 2. The third-order valence-electron chi connectivity index (χ3n) is 4.52. The van der Waals surface area contributed by atoms with Crippen LogP contribution >= 0.6 is 0 Å². The Kier molecular flexibility index (Phi) is 4.77. The average molecular weight is 305 g/mol. The molecule has 1 aromatic rings. The first-order valence-electron chi connectivity index (χ1n) is 8.05. The lowest BCUT2D eigenvalue weighted by molar-refractivity contribution is -0.122. The standard InChI is InChI=1S/C16H23N3O3/c20-15(10-11-8-12-3-4-13(9-11)19-12)17-5-6-18-16(21)14-2-1-7-22-14/h1-2,7,11-13,19H,3-6,8-10H2,(H,17,20)(H,18,21). The Bertz CT molecular complexity index is 503. The van der Waals surface area contributed by atoms with Gasteiger partial charge >= 0.3 is 0 Å². The molecule has 0 saturated carbocycles. The molecule has 22 heavy (non-hydrogen) atoms. The van der Waals surface area contributed by atoms with Crippen molar-refractivity contribution in [1.82, 2.24) is 16.0 Å². The fourth-order valence-electron chi connectivity index (χ4n) is 3.55. The second kappa shape index (κ2) is 6.96. The lowest BCUT2D eigenvalue weighted by Gasteiger charge is -2.28. The lowest BCUT2D eigenvalue weighted by Crippen LogP contribution is -2.40. The average Bonchev–Trinajstić information content (AvgIpc) is 3.13. The highest BCUT2D eigenvalue weighted by molar-refractivity contribution is 5.91. The van der Waals surface area contributed by atoms with Crippen LogP contribution in [0.25, 0.3) is 0 Å². The molecule has 2 aliphatic rings. The summed E-state index contributed by atoms with van der Waals surface area (Å²) in [6.45, 7) is 0.853. The van der Waals surface area contributed by atoms with Gasteiger partial charge in [-0.2, -0.15) is 0 Å². The number of carbonyl (C=O) groups is 2. The van der Waals surface area contributed by atoms with E-state index in [0.29, 0.717) is 37.5 Å². The van der Waals surface area contributed by atoms with E-state index in [-0.39, 0.29) is 17.6 Å². The molecule has 0 radical (unpaired) electrons. The first-order valence-corrected chi connectivity index (χ1v) is 8.05. The maximum absolute atomic E-state index is 12.0. The van der Waals surface area contributed by atoms with Gasteiger partial charge in [-0.05, 0) is 43.7 Å². The van der Waals surface area contributed by atoms with E-state index in [2.05, 4.69) is 16.0 Å². The Morgan fingerprint density at radius 3 is 2.59 bits per heavy atom. The van der Waals surface area contributed by atoms with Crippen molar-refractivity contribution in [3.05, 3.63) is 24.2 Å². The van der Waals surface area contributed by atoms with Gasteiger partial charge in [0.15, 0.2) is 5.76 Å². The molecule has 6 heteroatoms. The van der Waals surface area contributed by atoms with Crippen LogP contribution in [0.15, 0.2) is 22.8 Å². The highest BCUT2D eigenvalue weighted by Crippen LogP contribution is 2.32. The third-order valence-corrected chi connectivity index (χ3v) is 4.52. The highest BCUT2D eigenvalue weighted by Gasteiger charge is 2.34. The second-order valence-corrected chi connectivity index (χ2v) is 6.26. The van der Waals surface area contributed by atoms with E-state index in [0.717, 1.165) is 12.8 Å². The number of nitrogens with one attached hydrogen (secondary N) is 3. The molecule has 2 aliphatic heterocycles. The van der Waals surface area contributed by atoms with Gasteiger partial charge in [0.25, 0.3) is 5.91 Å². The zero-order valence-corrected chi connectivity index (χ0v) is 12.6. The Labute approximate surface area is 130 Å². The fourth-order valence-corrected chi connectivity index (χ4v) is 3.55. The third kappa shape index (κ3) is 3.88. The molecule has 6 nitrogen and oxygen atoms in total. The maximum atomic E-state index is 12.0. The summed E-state index contributed by atoms with van der Waals surface area (Å²) in [6, 6.07) is 4.51. The van der Waals surface area contributed by atoms with Crippen LogP contribution in [0.2, 0.25) is 0 Å². The van der Waals surface area contributed by atoms with Crippen LogP contribution in [-0.4, -0.2) is 37.0 Å². The van der Waals surface area contributed by atoms with Gasteiger partial charge in [0, 0.05) is 31.6 Å². The number of hydrogen-bond donors (Lipinski definition) is 3. The van der Waals surface area contributed by atoms with E-state index >= 15 is 0 Å². The number of hydrogen-bond acceptors (Lipinski definition) is 4. The van der Waals surface area contributed by atoms with Crippen LogP contribution in [0.3, 0.4) is 0 Å². The molecular weight excluding hydrogens is 282 g/mol. The summed E-state index contributed by atoms with van der Waals surface area (Å²) in [5.41, 5.74) is 0. The minimum atomic E-state index is -0.255. The molecule has 2 bridgehead atoms. The number of piperidine rings is 1. The van der Waals surface area contributed by atoms with Gasteiger partial charge in [0.05, 0.1) is 6.26 Å². The molecule has 2 amide bonds. The SMILES string of the molecule is O=C(CC1CC2CCC(C1)N2)NCCNC(=O)c1ccco1. The maximum Gasteiger partial charge on any atom is 0.287 e. The van der Waals surface area contributed by atoms with Gasteiger partial charge < -0.3 is 20.4 Å². The summed E-state index contributed by atoms with van der Waals surface area (Å²) in [7, 11) is 0. The van der Waals surface area contributed by atoms with Crippen LogP contribution in [0.5, 0.6) is 0 Å². The van der Waals surface area contributed by atoms with Crippen molar-refractivity contribution in [3.63, 3.8) is 0 Å². The Morgan fingerprint density at radius 1 is 1.18 bits per heavy atom. The van der Waals surface area contributed by atoms with Gasteiger partial charge in [-0.15, -0.1) is 0 Å². The predicted molar refractivity (Wildman–Crippen MR) is 81.3 cm³/mol. The van der Waals surface area contributed by atoms with E-state index in [4.69, 9.17) is 4.42 Å². The number of rotatable bonds is 6. The Morgan fingerprint density at radius 2 is 1.91 bits per heavy atom. The minimum absolute atomic E-state index is 0.0820. The van der Waals surface area contributed by atoms with Crippen molar-refractivity contribution >= 4 is 11.8 Å². The van der Waals surface area contributed by atoms with Crippen LogP contribution in [0, 0.1) is 5.92 Å². The molecule has 2 saturated heterocycles.